The number of aliphatic imine (C=N–C) groups is 1. The van der Waals surface area contributed by atoms with Gasteiger partial charge >= 0.3 is 0 Å². The largest absolute Gasteiger partial charge is 0.379 e. The Bertz CT molecular complexity index is 207. The average Bonchev–Trinajstić information content (AvgIpc) is 2.48. The minimum Gasteiger partial charge on any atom is -0.379 e. The first kappa shape index (κ1) is 11.3. The SMILES string of the molecule is CC(C)CN=C(N)NC1(C)CCOC1. The Morgan fingerprint density at radius 3 is 2.86 bits per heavy atom. The highest BCUT2D eigenvalue weighted by molar-refractivity contribution is 5.78. The fourth-order valence-electron chi connectivity index (χ4n) is 1.40. The first-order chi connectivity index (χ1) is 6.52. The van der Waals surface area contributed by atoms with Crippen LogP contribution in [-0.4, -0.2) is 31.3 Å². The molecular weight excluding hydrogens is 178 g/mol. The second-order valence-corrected chi connectivity index (χ2v) is 4.61. The summed E-state index contributed by atoms with van der Waals surface area (Å²) in [4.78, 5) is 4.26. The van der Waals surface area contributed by atoms with E-state index in [1.54, 1.807) is 0 Å². The fourth-order valence-corrected chi connectivity index (χ4v) is 1.40. The molecule has 0 amide bonds. The number of hydrogen-bond acceptors (Lipinski definition) is 2. The number of nitrogens with zero attached hydrogens (tertiary/aromatic N) is 1. The standard InChI is InChI=1S/C10H21N3O/c1-8(2)6-12-9(11)13-10(3)4-5-14-7-10/h8H,4-7H2,1-3H3,(H3,11,12,13). The van der Waals surface area contributed by atoms with Crippen LogP contribution in [0, 0.1) is 5.92 Å². The average molecular weight is 199 g/mol. The van der Waals surface area contributed by atoms with E-state index >= 15 is 0 Å². The summed E-state index contributed by atoms with van der Waals surface area (Å²) in [7, 11) is 0. The van der Waals surface area contributed by atoms with Crippen molar-refractivity contribution in [2.24, 2.45) is 16.6 Å². The lowest BCUT2D eigenvalue weighted by molar-refractivity contribution is 0.177. The van der Waals surface area contributed by atoms with Gasteiger partial charge in [0.15, 0.2) is 5.96 Å². The molecule has 82 valence electrons. The van der Waals surface area contributed by atoms with Gasteiger partial charge in [0.1, 0.15) is 0 Å². The Kier molecular flexibility index (Phi) is 3.75. The van der Waals surface area contributed by atoms with Gasteiger partial charge in [-0.1, -0.05) is 13.8 Å². The van der Waals surface area contributed by atoms with E-state index in [0.717, 1.165) is 19.6 Å². The lowest BCUT2D eigenvalue weighted by Gasteiger charge is -2.24. The van der Waals surface area contributed by atoms with Crippen molar-refractivity contribution in [3.8, 4) is 0 Å². The van der Waals surface area contributed by atoms with Crippen molar-refractivity contribution in [2.75, 3.05) is 19.8 Å². The van der Waals surface area contributed by atoms with Crippen LogP contribution in [0.5, 0.6) is 0 Å². The van der Waals surface area contributed by atoms with E-state index in [-0.39, 0.29) is 5.54 Å². The number of guanidine groups is 1. The molecule has 3 N–H and O–H groups in total. The first-order valence-corrected chi connectivity index (χ1v) is 5.18. The lowest BCUT2D eigenvalue weighted by atomic mass is 10.0. The Labute approximate surface area is 85.9 Å². The lowest BCUT2D eigenvalue weighted by Crippen LogP contribution is -2.49. The normalized spacial score (nSPS) is 28.4. The first-order valence-electron chi connectivity index (χ1n) is 5.18. The number of nitrogens with two attached hydrogens (primary N) is 1. The molecule has 0 spiro atoms. The number of hydrogen-bond donors (Lipinski definition) is 2. The van der Waals surface area contributed by atoms with Crippen molar-refractivity contribution < 1.29 is 4.74 Å². The van der Waals surface area contributed by atoms with Crippen LogP contribution >= 0.6 is 0 Å². The summed E-state index contributed by atoms with van der Waals surface area (Å²) in [5, 5.41) is 3.21. The summed E-state index contributed by atoms with van der Waals surface area (Å²) in [5.41, 5.74) is 5.75. The van der Waals surface area contributed by atoms with Gasteiger partial charge in [-0.15, -0.1) is 0 Å². The molecule has 1 fully saturated rings. The predicted molar refractivity (Wildman–Crippen MR) is 58.3 cm³/mol. The molecule has 1 aliphatic rings. The molecule has 4 heteroatoms. The van der Waals surface area contributed by atoms with Crippen LogP contribution < -0.4 is 11.1 Å². The molecule has 1 heterocycles. The van der Waals surface area contributed by atoms with Crippen LogP contribution in [0.1, 0.15) is 27.2 Å². The van der Waals surface area contributed by atoms with Crippen LogP contribution in [0.25, 0.3) is 0 Å². The van der Waals surface area contributed by atoms with Crippen LogP contribution in [-0.2, 0) is 4.74 Å². The van der Waals surface area contributed by atoms with Crippen LogP contribution in [0.2, 0.25) is 0 Å². The highest BCUT2D eigenvalue weighted by atomic mass is 16.5. The third kappa shape index (κ3) is 3.54. The highest BCUT2D eigenvalue weighted by Gasteiger charge is 2.29. The molecular formula is C10H21N3O. The molecule has 0 saturated carbocycles. The van der Waals surface area contributed by atoms with Gasteiger partial charge in [-0.3, -0.25) is 4.99 Å². The molecule has 0 radical (unpaired) electrons. The van der Waals surface area contributed by atoms with Gasteiger partial charge < -0.3 is 15.8 Å². The molecule has 1 rings (SSSR count). The maximum Gasteiger partial charge on any atom is 0.189 e. The Balaban J connectivity index is 2.38. The Morgan fingerprint density at radius 1 is 1.64 bits per heavy atom. The summed E-state index contributed by atoms with van der Waals surface area (Å²) in [6.07, 6.45) is 0.991. The molecule has 1 unspecified atom stereocenters. The minimum absolute atomic E-state index is 0.0233. The van der Waals surface area contributed by atoms with E-state index in [1.165, 1.54) is 0 Å². The quantitative estimate of drug-likeness (QED) is 0.520. The number of nitrogens with one attached hydrogen (secondary N) is 1. The zero-order valence-corrected chi connectivity index (χ0v) is 9.34. The van der Waals surface area contributed by atoms with Crippen molar-refractivity contribution in [2.45, 2.75) is 32.7 Å². The zero-order chi connectivity index (χ0) is 10.6. The van der Waals surface area contributed by atoms with Gasteiger partial charge in [0.25, 0.3) is 0 Å². The Morgan fingerprint density at radius 2 is 2.36 bits per heavy atom. The van der Waals surface area contributed by atoms with Crippen molar-refractivity contribution in [1.82, 2.24) is 5.32 Å². The van der Waals surface area contributed by atoms with Crippen molar-refractivity contribution in [1.29, 1.82) is 0 Å². The van der Waals surface area contributed by atoms with Crippen LogP contribution in [0.4, 0.5) is 0 Å². The highest BCUT2D eigenvalue weighted by Crippen LogP contribution is 2.16. The minimum atomic E-state index is -0.0233. The Hall–Kier alpha value is -0.770. The van der Waals surface area contributed by atoms with Gasteiger partial charge in [0.05, 0.1) is 12.1 Å². The maximum absolute atomic E-state index is 5.77. The van der Waals surface area contributed by atoms with Gasteiger partial charge in [-0.25, -0.2) is 0 Å². The maximum atomic E-state index is 5.77. The molecule has 0 aromatic rings. The molecule has 0 aromatic heterocycles. The second kappa shape index (κ2) is 4.64. The van der Waals surface area contributed by atoms with E-state index in [2.05, 4.69) is 31.1 Å². The van der Waals surface area contributed by atoms with Crippen molar-refractivity contribution in [3.05, 3.63) is 0 Å². The summed E-state index contributed by atoms with van der Waals surface area (Å²) >= 11 is 0. The van der Waals surface area contributed by atoms with E-state index in [4.69, 9.17) is 10.5 Å². The van der Waals surface area contributed by atoms with E-state index in [0.29, 0.717) is 18.5 Å². The second-order valence-electron chi connectivity index (χ2n) is 4.61. The molecule has 0 bridgehead atoms. The third-order valence-corrected chi connectivity index (χ3v) is 2.28. The molecule has 14 heavy (non-hydrogen) atoms. The molecule has 1 atom stereocenters. The number of ether oxygens (including phenoxy) is 1. The summed E-state index contributed by atoms with van der Waals surface area (Å²) in [6.45, 7) is 8.65. The van der Waals surface area contributed by atoms with Gasteiger partial charge in [0.2, 0.25) is 0 Å². The monoisotopic (exact) mass is 199 g/mol. The van der Waals surface area contributed by atoms with Gasteiger partial charge in [-0.05, 0) is 19.3 Å². The topological polar surface area (TPSA) is 59.6 Å². The van der Waals surface area contributed by atoms with Gasteiger partial charge in [0, 0.05) is 13.2 Å². The molecule has 1 aliphatic heterocycles. The zero-order valence-electron chi connectivity index (χ0n) is 9.34. The summed E-state index contributed by atoms with van der Waals surface area (Å²) in [5.74, 6) is 1.08. The molecule has 0 aliphatic carbocycles. The molecule has 4 nitrogen and oxygen atoms in total. The van der Waals surface area contributed by atoms with Gasteiger partial charge in [-0.2, -0.15) is 0 Å². The van der Waals surface area contributed by atoms with Crippen LogP contribution in [0.3, 0.4) is 0 Å². The van der Waals surface area contributed by atoms with E-state index < -0.39 is 0 Å². The predicted octanol–water partition coefficient (Wildman–Crippen LogP) is 0.726. The van der Waals surface area contributed by atoms with E-state index in [9.17, 15) is 0 Å². The van der Waals surface area contributed by atoms with E-state index in [1.807, 2.05) is 0 Å². The molecule has 0 aromatic carbocycles. The smallest absolute Gasteiger partial charge is 0.189 e. The van der Waals surface area contributed by atoms with Crippen LogP contribution in [0.15, 0.2) is 4.99 Å². The van der Waals surface area contributed by atoms with Crippen molar-refractivity contribution in [3.63, 3.8) is 0 Å². The van der Waals surface area contributed by atoms with Crippen molar-refractivity contribution >= 4 is 5.96 Å². The molecule has 1 saturated heterocycles. The summed E-state index contributed by atoms with van der Waals surface area (Å²) < 4.78 is 5.31. The third-order valence-electron chi connectivity index (χ3n) is 2.28. The fraction of sp³-hybridized carbons (Fsp3) is 0.900. The number of rotatable bonds is 3. The summed E-state index contributed by atoms with van der Waals surface area (Å²) in [6, 6.07) is 0.